The first-order valence-corrected chi connectivity index (χ1v) is 7.73. The summed E-state index contributed by atoms with van der Waals surface area (Å²) in [6.07, 6.45) is 0.547. The fourth-order valence-corrected chi connectivity index (χ4v) is 2.74. The Morgan fingerprint density at radius 3 is 2.50 bits per heavy atom. The molecular weight excluding hydrogens is 266 g/mol. The van der Waals surface area contributed by atoms with E-state index in [-0.39, 0.29) is 5.91 Å². The Bertz CT molecular complexity index is 554. The van der Waals surface area contributed by atoms with Crippen LogP contribution in [0.5, 0.6) is 0 Å². The van der Waals surface area contributed by atoms with Crippen molar-refractivity contribution in [2.24, 2.45) is 0 Å². The molecule has 2 aromatic carbocycles. The van der Waals surface area contributed by atoms with E-state index in [1.807, 2.05) is 36.4 Å². The van der Waals surface area contributed by atoms with Crippen LogP contribution in [0, 0.1) is 6.92 Å². The third-order valence-corrected chi connectivity index (χ3v) is 4.09. The summed E-state index contributed by atoms with van der Waals surface area (Å²) in [5, 5.41) is 2.97. The van der Waals surface area contributed by atoms with Gasteiger partial charge in [0.1, 0.15) is 0 Å². The summed E-state index contributed by atoms with van der Waals surface area (Å²) in [6.45, 7) is 2.67. The summed E-state index contributed by atoms with van der Waals surface area (Å²) in [5.74, 6) is 0.917. The quantitative estimate of drug-likeness (QED) is 0.818. The number of carbonyl (C=O) groups excluding carboxylic acids is 1. The van der Waals surface area contributed by atoms with E-state index in [0.717, 1.165) is 5.75 Å². The largest absolute Gasteiger partial charge is 0.352 e. The molecule has 3 heteroatoms. The van der Waals surface area contributed by atoms with Crippen LogP contribution in [-0.4, -0.2) is 11.7 Å². The molecule has 2 rings (SSSR count). The first kappa shape index (κ1) is 14.7. The van der Waals surface area contributed by atoms with Gasteiger partial charge in [-0.05, 0) is 30.2 Å². The smallest absolute Gasteiger partial charge is 0.221 e. The highest BCUT2D eigenvalue weighted by atomic mass is 32.2. The molecule has 0 aliphatic rings. The predicted molar refractivity (Wildman–Crippen MR) is 84.8 cm³/mol. The SMILES string of the molecule is Cc1ccccc1CNC(=O)CCSc1ccccc1. The molecule has 0 bridgehead atoms. The maximum Gasteiger partial charge on any atom is 0.221 e. The van der Waals surface area contributed by atoms with Crippen LogP contribution in [0.2, 0.25) is 0 Å². The molecule has 0 radical (unpaired) electrons. The maximum atomic E-state index is 11.8. The van der Waals surface area contributed by atoms with Crippen LogP contribution >= 0.6 is 11.8 Å². The highest BCUT2D eigenvalue weighted by Crippen LogP contribution is 2.17. The number of hydrogen-bond acceptors (Lipinski definition) is 2. The Hall–Kier alpha value is -1.74. The zero-order chi connectivity index (χ0) is 14.2. The van der Waals surface area contributed by atoms with Gasteiger partial charge in [-0.25, -0.2) is 0 Å². The van der Waals surface area contributed by atoms with Crippen LogP contribution in [0.3, 0.4) is 0 Å². The van der Waals surface area contributed by atoms with Crippen molar-refractivity contribution in [3.63, 3.8) is 0 Å². The first-order valence-electron chi connectivity index (χ1n) is 6.75. The molecule has 0 unspecified atom stereocenters. The molecule has 2 aromatic rings. The van der Waals surface area contributed by atoms with E-state index in [4.69, 9.17) is 0 Å². The third-order valence-electron chi connectivity index (χ3n) is 3.08. The van der Waals surface area contributed by atoms with Crippen LogP contribution in [0.15, 0.2) is 59.5 Å². The Labute approximate surface area is 124 Å². The number of amides is 1. The van der Waals surface area contributed by atoms with E-state index in [9.17, 15) is 4.79 Å². The van der Waals surface area contributed by atoms with Crippen molar-refractivity contribution >= 4 is 17.7 Å². The lowest BCUT2D eigenvalue weighted by atomic mass is 10.1. The lowest BCUT2D eigenvalue weighted by Gasteiger charge is -2.07. The topological polar surface area (TPSA) is 29.1 Å². The second-order valence-corrected chi connectivity index (χ2v) is 5.78. The summed E-state index contributed by atoms with van der Waals surface area (Å²) >= 11 is 1.71. The van der Waals surface area contributed by atoms with Crippen molar-refractivity contribution in [3.05, 3.63) is 65.7 Å². The minimum atomic E-state index is 0.108. The van der Waals surface area contributed by atoms with Crippen molar-refractivity contribution in [2.75, 3.05) is 5.75 Å². The maximum absolute atomic E-state index is 11.8. The number of thioether (sulfide) groups is 1. The summed E-state index contributed by atoms with van der Waals surface area (Å²) in [7, 11) is 0. The van der Waals surface area contributed by atoms with Crippen molar-refractivity contribution < 1.29 is 4.79 Å². The number of hydrogen-bond donors (Lipinski definition) is 1. The van der Waals surface area contributed by atoms with Gasteiger partial charge in [-0.1, -0.05) is 42.5 Å². The summed E-state index contributed by atoms with van der Waals surface area (Å²) in [5.41, 5.74) is 2.39. The zero-order valence-electron chi connectivity index (χ0n) is 11.6. The molecule has 0 atom stereocenters. The number of aryl methyl sites for hydroxylation is 1. The monoisotopic (exact) mass is 285 g/mol. The molecule has 1 N–H and O–H groups in total. The Kier molecular flexibility index (Phi) is 5.69. The standard InChI is InChI=1S/C17H19NOS/c1-14-7-5-6-8-15(14)13-18-17(19)11-12-20-16-9-3-2-4-10-16/h2-10H,11-13H2,1H3,(H,18,19). The molecule has 0 heterocycles. The van der Waals surface area contributed by atoms with Crippen molar-refractivity contribution in [1.82, 2.24) is 5.32 Å². The third kappa shape index (κ3) is 4.74. The molecule has 0 aliphatic heterocycles. The van der Waals surface area contributed by atoms with Gasteiger partial charge in [0.15, 0.2) is 0 Å². The van der Waals surface area contributed by atoms with Gasteiger partial charge in [-0.15, -0.1) is 11.8 Å². The number of benzene rings is 2. The van der Waals surface area contributed by atoms with Crippen LogP contribution in [0.1, 0.15) is 17.5 Å². The van der Waals surface area contributed by atoms with Crippen LogP contribution < -0.4 is 5.32 Å². The molecule has 2 nitrogen and oxygen atoms in total. The first-order chi connectivity index (χ1) is 9.75. The van der Waals surface area contributed by atoms with E-state index >= 15 is 0 Å². The second kappa shape index (κ2) is 7.75. The van der Waals surface area contributed by atoms with Crippen molar-refractivity contribution in [1.29, 1.82) is 0 Å². The van der Waals surface area contributed by atoms with Crippen LogP contribution in [-0.2, 0) is 11.3 Å². The molecular formula is C17H19NOS. The van der Waals surface area contributed by atoms with Crippen LogP contribution in [0.25, 0.3) is 0 Å². The average molecular weight is 285 g/mol. The fraction of sp³-hybridized carbons (Fsp3) is 0.235. The highest BCUT2D eigenvalue weighted by Gasteiger charge is 2.03. The van der Waals surface area contributed by atoms with Gasteiger partial charge in [0, 0.05) is 23.6 Å². The Balaban J connectivity index is 1.70. The van der Waals surface area contributed by atoms with Gasteiger partial charge in [0.25, 0.3) is 0 Å². The van der Waals surface area contributed by atoms with E-state index in [1.54, 1.807) is 11.8 Å². The molecule has 0 aliphatic carbocycles. The summed E-state index contributed by atoms with van der Waals surface area (Å²) in [4.78, 5) is 13.0. The molecule has 1 amide bonds. The van der Waals surface area contributed by atoms with Gasteiger partial charge in [-0.2, -0.15) is 0 Å². The number of carbonyl (C=O) groups is 1. The minimum Gasteiger partial charge on any atom is -0.352 e. The molecule has 0 aromatic heterocycles. The van der Waals surface area contributed by atoms with E-state index in [2.05, 4.69) is 30.4 Å². The summed E-state index contributed by atoms with van der Waals surface area (Å²) in [6, 6.07) is 18.3. The Morgan fingerprint density at radius 2 is 1.75 bits per heavy atom. The molecule has 0 saturated carbocycles. The molecule has 20 heavy (non-hydrogen) atoms. The van der Waals surface area contributed by atoms with Crippen molar-refractivity contribution in [2.45, 2.75) is 24.8 Å². The lowest BCUT2D eigenvalue weighted by molar-refractivity contribution is -0.120. The normalized spacial score (nSPS) is 10.2. The average Bonchev–Trinajstić information content (AvgIpc) is 2.47. The van der Waals surface area contributed by atoms with E-state index in [0.29, 0.717) is 13.0 Å². The van der Waals surface area contributed by atoms with E-state index in [1.165, 1.54) is 16.0 Å². The lowest BCUT2D eigenvalue weighted by Crippen LogP contribution is -2.23. The number of nitrogens with one attached hydrogen (secondary N) is 1. The van der Waals surface area contributed by atoms with Crippen molar-refractivity contribution in [3.8, 4) is 0 Å². The van der Waals surface area contributed by atoms with Gasteiger partial charge >= 0.3 is 0 Å². The molecule has 104 valence electrons. The molecule has 0 spiro atoms. The highest BCUT2D eigenvalue weighted by molar-refractivity contribution is 7.99. The van der Waals surface area contributed by atoms with E-state index < -0.39 is 0 Å². The number of rotatable bonds is 6. The fourth-order valence-electron chi connectivity index (χ4n) is 1.87. The van der Waals surface area contributed by atoms with Gasteiger partial charge in [0.05, 0.1) is 0 Å². The minimum absolute atomic E-state index is 0.108. The zero-order valence-corrected chi connectivity index (χ0v) is 12.5. The summed E-state index contributed by atoms with van der Waals surface area (Å²) < 4.78 is 0. The van der Waals surface area contributed by atoms with Crippen LogP contribution in [0.4, 0.5) is 0 Å². The second-order valence-electron chi connectivity index (χ2n) is 4.61. The van der Waals surface area contributed by atoms with Gasteiger partial charge in [0.2, 0.25) is 5.91 Å². The molecule has 0 saturated heterocycles. The van der Waals surface area contributed by atoms with Gasteiger partial charge < -0.3 is 5.32 Å². The predicted octanol–water partition coefficient (Wildman–Crippen LogP) is 3.79. The van der Waals surface area contributed by atoms with Gasteiger partial charge in [-0.3, -0.25) is 4.79 Å². The Morgan fingerprint density at radius 1 is 1.05 bits per heavy atom. The molecule has 0 fully saturated rings.